The van der Waals surface area contributed by atoms with E-state index in [9.17, 15) is 0 Å². The van der Waals surface area contributed by atoms with Gasteiger partial charge in [-0.3, -0.25) is 0 Å². The van der Waals surface area contributed by atoms with E-state index in [0.717, 1.165) is 11.4 Å². The lowest BCUT2D eigenvalue weighted by Gasteiger charge is -2.46. The number of nitrogens with one attached hydrogen (secondary N) is 1. The van der Waals surface area contributed by atoms with Crippen LogP contribution in [0.2, 0.25) is 0 Å². The van der Waals surface area contributed by atoms with Gasteiger partial charge in [-0.25, -0.2) is 0 Å². The average Bonchev–Trinajstić information content (AvgIpc) is 3.20. The molecule has 0 atom stereocenters. The number of anilines is 5. The molecule has 8 aromatic rings. The Labute approximate surface area is 312 Å². The number of rotatable bonds is 5. The monoisotopic (exact) mass is 677 g/mol. The van der Waals surface area contributed by atoms with Crippen LogP contribution in [-0.2, 0) is 5.41 Å². The summed E-state index contributed by atoms with van der Waals surface area (Å²) >= 11 is 0. The summed E-state index contributed by atoms with van der Waals surface area (Å²) in [7, 11) is 2.44. The maximum atomic E-state index is 3.88. The first-order valence-corrected chi connectivity index (χ1v) is 18.5. The molecule has 251 valence electrons. The highest BCUT2D eigenvalue weighted by Gasteiger charge is 2.41. The minimum absolute atomic E-state index is 0.136. The first kappa shape index (κ1) is 31.4. The maximum Gasteiger partial charge on any atom is 0.197 e. The number of fused-ring (bicyclic) bond motifs is 5. The van der Waals surface area contributed by atoms with Gasteiger partial charge >= 0.3 is 0 Å². The van der Waals surface area contributed by atoms with Gasteiger partial charge < -0.3 is 10.2 Å². The molecule has 0 aromatic heterocycles. The molecule has 0 spiro atoms. The third-order valence-corrected chi connectivity index (χ3v) is 11.4. The number of hydrogen-bond donors (Lipinski definition) is 1. The first-order valence-electron chi connectivity index (χ1n) is 18.5. The van der Waals surface area contributed by atoms with Crippen LogP contribution < -0.4 is 21.1 Å². The van der Waals surface area contributed by atoms with E-state index in [0.29, 0.717) is 0 Å². The van der Waals surface area contributed by atoms with Crippen molar-refractivity contribution in [1.82, 2.24) is 0 Å². The van der Waals surface area contributed by atoms with Crippen molar-refractivity contribution in [1.29, 1.82) is 0 Å². The summed E-state index contributed by atoms with van der Waals surface area (Å²) in [6.07, 6.45) is 0. The van der Waals surface area contributed by atoms with Crippen molar-refractivity contribution in [2.75, 3.05) is 10.2 Å². The molecule has 0 fully saturated rings. The molecule has 0 unspecified atom stereocenters. The molecular weight excluding hydrogens is 639 g/mol. The standard InChI is InChI=1S/C50H38BN2/c1-32-14-7-9-18-38(32)36-30-40(48-46(31-36)53-45-23-12-11-20-41(45)50(2,3)42-21-13-22-43(51-48)49(42)53)47-39-19-10-8-17-35(39)26-29-44(47)52-37-27-24-34(25-28-37)33-15-5-4-6-16-33/h4-31,52H,1-3H3. The molecular formula is C50H38BN2. The Hall–Kier alpha value is -6.32. The average molecular weight is 678 g/mol. The Bertz CT molecular complexity index is 2710. The zero-order valence-corrected chi connectivity index (χ0v) is 30.2. The topological polar surface area (TPSA) is 15.3 Å². The zero-order valence-electron chi connectivity index (χ0n) is 30.2. The highest BCUT2D eigenvalue weighted by atomic mass is 15.2. The molecule has 0 aliphatic carbocycles. The van der Waals surface area contributed by atoms with Gasteiger partial charge in [-0.05, 0) is 104 Å². The molecule has 0 saturated heterocycles. The Morgan fingerprint density at radius 1 is 0.547 bits per heavy atom. The quantitative estimate of drug-likeness (QED) is 0.182. The van der Waals surface area contributed by atoms with Gasteiger partial charge in [0.05, 0.1) is 5.69 Å². The van der Waals surface area contributed by atoms with Crippen LogP contribution in [0.4, 0.5) is 28.4 Å². The van der Waals surface area contributed by atoms with Crippen molar-refractivity contribution in [3.05, 3.63) is 187 Å². The zero-order chi connectivity index (χ0) is 35.7. The molecule has 2 aliphatic rings. The summed E-state index contributed by atoms with van der Waals surface area (Å²) < 4.78 is 0. The molecule has 0 bridgehead atoms. The minimum atomic E-state index is -0.136. The van der Waals surface area contributed by atoms with Gasteiger partial charge in [-0.15, -0.1) is 0 Å². The molecule has 0 saturated carbocycles. The van der Waals surface area contributed by atoms with E-state index in [4.69, 9.17) is 0 Å². The fourth-order valence-corrected chi connectivity index (χ4v) is 8.73. The number of benzene rings is 8. The molecule has 10 rings (SSSR count). The molecule has 1 radical (unpaired) electrons. The number of hydrogen-bond acceptors (Lipinski definition) is 2. The second-order valence-electron chi connectivity index (χ2n) is 14.9. The van der Waals surface area contributed by atoms with Gasteiger partial charge in [0.1, 0.15) is 0 Å². The number of para-hydroxylation sites is 2. The van der Waals surface area contributed by atoms with Crippen LogP contribution in [0, 0.1) is 6.92 Å². The number of aryl methyl sites for hydroxylation is 1. The van der Waals surface area contributed by atoms with Crippen LogP contribution in [0.1, 0.15) is 30.5 Å². The van der Waals surface area contributed by atoms with Gasteiger partial charge in [0, 0.05) is 33.7 Å². The second kappa shape index (κ2) is 12.1. The van der Waals surface area contributed by atoms with Gasteiger partial charge in [-0.2, -0.15) is 0 Å². The van der Waals surface area contributed by atoms with Crippen LogP contribution in [0.3, 0.4) is 0 Å². The third kappa shape index (κ3) is 5.03. The van der Waals surface area contributed by atoms with Crippen molar-refractivity contribution < 1.29 is 0 Å². The predicted molar refractivity (Wildman–Crippen MR) is 227 cm³/mol. The lowest BCUT2D eigenvalue weighted by molar-refractivity contribution is 0.632. The predicted octanol–water partition coefficient (Wildman–Crippen LogP) is 12.0. The summed E-state index contributed by atoms with van der Waals surface area (Å²) in [5.41, 5.74) is 19.4. The summed E-state index contributed by atoms with van der Waals surface area (Å²) in [5.74, 6) is 0. The summed E-state index contributed by atoms with van der Waals surface area (Å²) in [4.78, 5) is 2.55. The van der Waals surface area contributed by atoms with Crippen molar-refractivity contribution in [3.63, 3.8) is 0 Å². The highest BCUT2D eigenvalue weighted by Crippen LogP contribution is 2.53. The van der Waals surface area contributed by atoms with E-state index < -0.39 is 0 Å². The highest BCUT2D eigenvalue weighted by molar-refractivity contribution is 6.73. The Morgan fingerprint density at radius 3 is 2.11 bits per heavy atom. The van der Waals surface area contributed by atoms with Gasteiger partial charge in [0.25, 0.3) is 0 Å². The maximum absolute atomic E-state index is 3.88. The van der Waals surface area contributed by atoms with Crippen LogP contribution in [0.15, 0.2) is 170 Å². The summed E-state index contributed by atoms with van der Waals surface area (Å²) in [6.45, 7) is 6.95. The molecule has 0 amide bonds. The van der Waals surface area contributed by atoms with Crippen molar-refractivity contribution in [3.8, 4) is 33.4 Å². The molecule has 2 aliphatic heterocycles. The fourth-order valence-electron chi connectivity index (χ4n) is 8.73. The largest absolute Gasteiger partial charge is 0.355 e. The van der Waals surface area contributed by atoms with Gasteiger partial charge in [-0.1, -0.05) is 153 Å². The Morgan fingerprint density at radius 2 is 1.26 bits per heavy atom. The minimum Gasteiger partial charge on any atom is -0.355 e. The molecule has 8 aromatic carbocycles. The summed E-state index contributed by atoms with van der Waals surface area (Å²) in [5, 5.41) is 6.31. The lowest BCUT2D eigenvalue weighted by atomic mass is 9.55. The lowest BCUT2D eigenvalue weighted by Crippen LogP contribution is -2.45. The van der Waals surface area contributed by atoms with E-state index >= 15 is 0 Å². The molecule has 3 heteroatoms. The van der Waals surface area contributed by atoms with E-state index in [1.807, 2.05) is 0 Å². The van der Waals surface area contributed by atoms with Crippen molar-refractivity contribution in [2.24, 2.45) is 0 Å². The summed E-state index contributed by atoms with van der Waals surface area (Å²) in [6, 6.07) is 62.1. The van der Waals surface area contributed by atoms with Crippen molar-refractivity contribution in [2.45, 2.75) is 26.2 Å². The van der Waals surface area contributed by atoms with E-state index in [1.165, 1.54) is 88.8 Å². The second-order valence-corrected chi connectivity index (χ2v) is 14.9. The molecule has 53 heavy (non-hydrogen) atoms. The van der Waals surface area contributed by atoms with Crippen LogP contribution >= 0.6 is 0 Å². The van der Waals surface area contributed by atoms with Gasteiger partial charge in [0.15, 0.2) is 7.28 Å². The third-order valence-electron chi connectivity index (χ3n) is 11.4. The van der Waals surface area contributed by atoms with Crippen molar-refractivity contribution >= 4 is 57.4 Å². The SMILES string of the molecule is Cc1ccccc1-c1cc(-c2c(Nc3ccc(-c4ccccc4)cc3)ccc3ccccc23)c2c(c1)N1c3ccccc3C(C)(C)c3cccc(c31)[B]2. The molecule has 2 nitrogen and oxygen atoms in total. The molecule has 1 N–H and O–H groups in total. The van der Waals surface area contributed by atoms with Gasteiger partial charge in [0.2, 0.25) is 0 Å². The van der Waals surface area contributed by atoms with E-state index in [-0.39, 0.29) is 5.41 Å². The molecule has 2 heterocycles. The van der Waals surface area contributed by atoms with Crippen LogP contribution in [-0.4, -0.2) is 7.28 Å². The van der Waals surface area contributed by atoms with E-state index in [2.05, 4.69) is 208 Å². The Balaban J connectivity index is 1.24. The van der Waals surface area contributed by atoms with E-state index in [1.54, 1.807) is 0 Å². The van der Waals surface area contributed by atoms with Crippen LogP contribution in [0.5, 0.6) is 0 Å². The Kier molecular flexibility index (Phi) is 7.20. The first-order chi connectivity index (χ1) is 26.0. The van der Waals surface area contributed by atoms with Crippen LogP contribution in [0.25, 0.3) is 44.2 Å². The smallest absolute Gasteiger partial charge is 0.197 e. The number of nitrogens with zero attached hydrogens (tertiary/aromatic N) is 1. The fraction of sp³-hybridized carbons (Fsp3) is 0.0800. The normalized spacial score (nSPS) is 13.5.